The van der Waals surface area contributed by atoms with E-state index in [-0.39, 0.29) is 16.9 Å². The second-order valence-electron chi connectivity index (χ2n) is 10.5. The number of anilines is 1. The van der Waals surface area contributed by atoms with Gasteiger partial charge in [-0.1, -0.05) is 12.5 Å². The van der Waals surface area contributed by atoms with Crippen molar-refractivity contribution in [1.29, 1.82) is 0 Å². The predicted molar refractivity (Wildman–Crippen MR) is 154 cm³/mol. The number of rotatable bonds is 8. The number of unbranched alkanes of at least 4 members (excludes halogenated alkanes) is 2. The lowest BCUT2D eigenvalue weighted by atomic mass is 9.93. The van der Waals surface area contributed by atoms with Gasteiger partial charge >= 0.3 is 6.18 Å². The minimum atomic E-state index is -4.38. The van der Waals surface area contributed by atoms with Crippen molar-refractivity contribution in [2.45, 2.75) is 31.9 Å². The van der Waals surface area contributed by atoms with Crippen LogP contribution in [0.1, 0.15) is 31.2 Å². The minimum Gasteiger partial charge on any atom is -0.378 e. The average molecular weight is 590 g/mol. The largest absolute Gasteiger partial charge is 0.416 e. The van der Waals surface area contributed by atoms with Crippen LogP contribution in [0.25, 0.3) is 0 Å². The quantitative estimate of drug-likeness (QED) is 0.339. The zero-order valence-corrected chi connectivity index (χ0v) is 23.6. The molecule has 5 rings (SSSR count). The second kappa shape index (κ2) is 12.7. The Labute approximate surface area is 243 Å². The van der Waals surface area contributed by atoms with Gasteiger partial charge < -0.3 is 19.4 Å². The molecule has 0 radical (unpaired) electrons. The van der Waals surface area contributed by atoms with E-state index >= 15 is 0 Å². The summed E-state index contributed by atoms with van der Waals surface area (Å²) in [5, 5.41) is 0.281. The molecule has 0 bridgehead atoms. The van der Waals surface area contributed by atoms with Crippen molar-refractivity contribution < 1.29 is 27.5 Å². The highest BCUT2D eigenvalue weighted by Gasteiger charge is 2.35. The van der Waals surface area contributed by atoms with Gasteiger partial charge in [0.05, 0.1) is 24.5 Å². The molecule has 41 heavy (non-hydrogen) atoms. The number of ether oxygens (including phenoxy) is 1. The molecule has 2 saturated heterocycles. The molecule has 3 heterocycles. The van der Waals surface area contributed by atoms with Crippen molar-refractivity contribution in [2.75, 3.05) is 63.9 Å². The monoisotopic (exact) mass is 589 g/mol. The number of thiocarbonyl (C=S) groups is 1. The van der Waals surface area contributed by atoms with Crippen molar-refractivity contribution in [3.63, 3.8) is 0 Å². The Morgan fingerprint density at radius 3 is 2.49 bits per heavy atom. The Morgan fingerprint density at radius 1 is 1.00 bits per heavy atom. The maximum atomic E-state index is 13.3. The van der Waals surface area contributed by atoms with Crippen LogP contribution in [0.5, 0.6) is 0 Å². The number of fused-ring (bicyclic) bond motifs is 1. The van der Waals surface area contributed by atoms with Gasteiger partial charge in [-0.3, -0.25) is 14.5 Å². The first kappa shape index (κ1) is 29.2. The number of piperazine rings is 1. The molecule has 3 aliphatic heterocycles. The number of hydrogen-bond donors (Lipinski definition) is 0. The molecule has 0 N–H and O–H groups in total. The summed E-state index contributed by atoms with van der Waals surface area (Å²) in [5.74, 6) is -0.465. The van der Waals surface area contributed by atoms with Crippen molar-refractivity contribution in [3.05, 3.63) is 53.8 Å². The lowest BCUT2D eigenvalue weighted by Crippen LogP contribution is -2.48. The van der Waals surface area contributed by atoms with E-state index in [9.17, 15) is 22.8 Å². The molecule has 2 amide bonds. The first-order valence-corrected chi connectivity index (χ1v) is 14.5. The van der Waals surface area contributed by atoms with E-state index in [1.54, 1.807) is 15.9 Å². The molecule has 0 spiro atoms. The minimum absolute atomic E-state index is 0.0438. The lowest BCUT2D eigenvalue weighted by Gasteiger charge is -2.36. The van der Waals surface area contributed by atoms with Crippen LogP contribution in [0.15, 0.2) is 53.2 Å². The van der Waals surface area contributed by atoms with Gasteiger partial charge in [0.15, 0.2) is 0 Å². The Balaban J connectivity index is 1.04. The molecule has 4 aliphatic rings. The van der Waals surface area contributed by atoms with Crippen LogP contribution in [0.3, 0.4) is 0 Å². The smallest absolute Gasteiger partial charge is 0.378 e. The van der Waals surface area contributed by atoms with Crippen LogP contribution < -0.4 is 4.90 Å². The molecule has 1 atom stereocenters. The number of carbonyl (C=O) groups is 2. The highest BCUT2D eigenvalue weighted by molar-refractivity contribution is 7.80. The van der Waals surface area contributed by atoms with Gasteiger partial charge in [0, 0.05) is 63.6 Å². The van der Waals surface area contributed by atoms with E-state index in [0.717, 1.165) is 37.3 Å². The Morgan fingerprint density at radius 2 is 1.76 bits per heavy atom. The van der Waals surface area contributed by atoms with Gasteiger partial charge in [0.2, 0.25) is 16.9 Å². The third-order valence-electron chi connectivity index (χ3n) is 7.89. The first-order valence-electron chi connectivity index (χ1n) is 14.1. The molecule has 0 saturated carbocycles. The fourth-order valence-corrected chi connectivity index (χ4v) is 5.82. The van der Waals surface area contributed by atoms with Crippen LogP contribution in [0, 0.1) is 5.92 Å². The molecule has 8 nitrogen and oxygen atoms in total. The fourth-order valence-electron chi connectivity index (χ4n) is 5.54. The van der Waals surface area contributed by atoms with Gasteiger partial charge in [-0.15, -0.1) is 0 Å². The first-order chi connectivity index (χ1) is 19.7. The molecule has 1 unspecified atom stereocenters. The number of carbonyl (C=O) groups excluding carboxylic acids is 2. The van der Waals surface area contributed by atoms with Crippen LogP contribution in [0.4, 0.5) is 18.9 Å². The van der Waals surface area contributed by atoms with Gasteiger partial charge in [-0.05, 0) is 61.5 Å². The van der Waals surface area contributed by atoms with Crippen LogP contribution in [0.2, 0.25) is 0 Å². The van der Waals surface area contributed by atoms with Gasteiger partial charge in [-0.25, -0.2) is 4.99 Å². The number of halogens is 3. The van der Waals surface area contributed by atoms with E-state index in [4.69, 9.17) is 17.0 Å². The number of alkyl halides is 3. The third kappa shape index (κ3) is 6.98. The second-order valence-corrected chi connectivity index (χ2v) is 10.9. The van der Waals surface area contributed by atoms with Crippen molar-refractivity contribution in [2.24, 2.45) is 10.9 Å². The number of benzene rings is 1. The number of aliphatic imine (C=N–C) groups is 1. The van der Waals surface area contributed by atoms with Crippen LogP contribution in [-0.4, -0.2) is 96.4 Å². The summed E-state index contributed by atoms with van der Waals surface area (Å²) in [5.41, 5.74) is 1.53. The summed E-state index contributed by atoms with van der Waals surface area (Å²) in [4.78, 5) is 38.0. The van der Waals surface area contributed by atoms with E-state index in [1.165, 1.54) is 6.07 Å². The number of amides is 2. The molecule has 1 aliphatic carbocycles. The summed E-state index contributed by atoms with van der Waals surface area (Å²) < 4.78 is 44.6. The maximum Gasteiger partial charge on any atom is 0.416 e. The van der Waals surface area contributed by atoms with Crippen LogP contribution >= 0.6 is 12.2 Å². The van der Waals surface area contributed by atoms with Crippen LogP contribution in [-0.2, 0) is 20.5 Å². The average Bonchev–Trinajstić information content (AvgIpc) is 2.98. The molecule has 220 valence electrons. The number of hydrogen-bond acceptors (Lipinski definition) is 6. The van der Waals surface area contributed by atoms with Crippen molar-refractivity contribution in [3.8, 4) is 0 Å². The number of allylic oxidation sites excluding steroid dienone is 2. The number of nitrogens with zero attached hydrogens (tertiary/aromatic N) is 5. The highest BCUT2D eigenvalue weighted by atomic mass is 32.1. The molecular weight excluding hydrogens is 555 g/mol. The summed E-state index contributed by atoms with van der Waals surface area (Å²) in [6, 6.07) is 5.31. The molecule has 2 fully saturated rings. The normalized spacial score (nSPS) is 21.6. The highest BCUT2D eigenvalue weighted by Crippen LogP contribution is 2.32. The molecule has 12 heteroatoms. The maximum absolute atomic E-state index is 13.3. The summed E-state index contributed by atoms with van der Waals surface area (Å²) in [6.45, 7) is 5.29. The SMILES string of the molecule is O=C(CCCCCN1C(=O)C2C=C(N3CCOCC3)C=CC2=NC1=S)N1CCN(c2cccc(C(F)(F)F)c2)CC1. The van der Waals surface area contributed by atoms with Gasteiger partial charge in [0.1, 0.15) is 5.92 Å². The third-order valence-corrected chi connectivity index (χ3v) is 8.20. The summed E-state index contributed by atoms with van der Waals surface area (Å²) >= 11 is 5.42. The molecule has 1 aromatic carbocycles. The number of morpholine rings is 1. The van der Waals surface area contributed by atoms with Crippen molar-refractivity contribution in [1.82, 2.24) is 14.7 Å². The van der Waals surface area contributed by atoms with Crippen molar-refractivity contribution >= 4 is 40.5 Å². The lowest BCUT2D eigenvalue weighted by molar-refractivity contribution is -0.137. The Kier molecular flexibility index (Phi) is 9.08. The van der Waals surface area contributed by atoms with E-state index in [2.05, 4.69) is 9.89 Å². The molecule has 1 aromatic rings. The van der Waals surface area contributed by atoms with Gasteiger partial charge in [0.25, 0.3) is 0 Å². The topological polar surface area (TPSA) is 68.7 Å². The van der Waals surface area contributed by atoms with E-state index in [0.29, 0.717) is 76.6 Å². The van der Waals surface area contributed by atoms with Gasteiger partial charge in [-0.2, -0.15) is 13.2 Å². The summed E-state index contributed by atoms with van der Waals surface area (Å²) in [6.07, 6.45) is 3.98. The summed E-state index contributed by atoms with van der Waals surface area (Å²) in [7, 11) is 0. The standard InChI is InChI=1S/C29H34F3N5O3S/c30-29(31,32)21-5-4-6-22(19-21)34-11-13-36(14-12-34)26(38)7-2-1-3-10-37-27(39)24-20-23(35-15-17-40-18-16-35)8-9-25(24)33-28(37)41/h4-6,8-9,19-20,24H,1-3,7,10-18H2. The molecular formula is C29H34F3N5O3S. The molecule has 0 aromatic heterocycles. The fraction of sp³-hybridized carbons (Fsp3) is 0.517. The zero-order chi connectivity index (χ0) is 29.0. The Bertz CT molecular complexity index is 1250. The van der Waals surface area contributed by atoms with E-state index < -0.39 is 17.7 Å². The Hall–Kier alpha value is -3.25. The predicted octanol–water partition coefficient (Wildman–Crippen LogP) is 3.88. The zero-order valence-electron chi connectivity index (χ0n) is 22.8. The van der Waals surface area contributed by atoms with E-state index in [1.807, 2.05) is 23.1 Å².